The Kier molecular flexibility index (Phi) is 3.59. The van der Waals surface area contributed by atoms with Gasteiger partial charge in [0.1, 0.15) is 0 Å². The summed E-state index contributed by atoms with van der Waals surface area (Å²) in [4.78, 5) is 9.72. The van der Waals surface area contributed by atoms with Crippen molar-refractivity contribution in [3.05, 3.63) is 57.0 Å². The highest BCUT2D eigenvalue weighted by molar-refractivity contribution is 9.11. The fraction of sp³-hybridized carbons (Fsp3) is 0.143. The first kappa shape index (κ1) is 12.7. The summed E-state index contributed by atoms with van der Waals surface area (Å²) in [6.45, 7) is 0. The Morgan fingerprint density at radius 1 is 1.16 bits per heavy atom. The van der Waals surface area contributed by atoms with Crippen LogP contribution in [0.5, 0.6) is 0 Å². The summed E-state index contributed by atoms with van der Waals surface area (Å²) >= 11 is 5.07. The van der Waals surface area contributed by atoms with Gasteiger partial charge in [0.25, 0.3) is 0 Å². The average molecular weight is 335 g/mol. The zero-order chi connectivity index (χ0) is 13.2. The predicted octanol–water partition coefficient (Wildman–Crippen LogP) is 3.73. The maximum absolute atomic E-state index is 10.4. The lowest BCUT2D eigenvalue weighted by molar-refractivity contribution is 0.181. The van der Waals surface area contributed by atoms with E-state index in [4.69, 9.17) is 0 Å². The molecule has 5 heteroatoms. The van der Waals surface area contributed by atoms with Crippen molar-refractivity contribution < 1.29 is 5.11 Å². The standard InChI is InChI=1S/C14H11BrN2OS/c15-13-5-4-9(19-13)8-12(18)10-2-1-3-11-14(10)17-7-6-16-11/h1-7,12,18H,8H2. The van der Waals surface area contributed by atoms with E-state index >= 15 is 0 Å². The molecule has 1 unspecified atom stereocenters. The van der Waals surface area contributed by atoms with E-state index in [1.54, 1.807) is 23.7 Å². The molecule has 19 heavy (non-hydrogen) atoms. The van der Waals surface area contributed by atoms with Gasteiger partial charge >= 0.3 is 0 Å². The van der Waals surface area contributed by atoms with Crippen LogP contribution in [0.2, 0.25) is 0 Å². The van der Waals surface area contributed by atoms with Gasteiger partial charge in [-0.1, -0.05) is 12.1 Å². The zero-order valence-corrected chi connectivity index (χ0v) is 12.4. The fourth-order valence-electron chi connectivity index (χ4n) is 2.05. The highest BCUT2D eigenvalue weighted by atomic mass is 79.9. The first-order valence-corrected chi connectivity index (χ1v) is 7.47. The van der Waals surface area contributed by atoms with Gasteiger partial charge in [0.05, 0.1) is 20.9 Å². The molecule has 0 saturated carbocycles. The SMILES string of the molecule is OC(Cc1ccc(Br)s1)c1cccc2nccnc12. The topological polar surface area (TPSA) is 46.0 Å². The third-order valence-electron chi connectivity index (χ3n) is 2.91. The van der Waals surface area contributed by atoms with Crippen LogP contribution in [0.15, 0.2) is 46.5 Å². The second kappa shape index (κ2) is 5.36. The van der Waals surface area contributed by atoms with Crippen molar-refractivity contribution >= 4 is 38.3 Å². The van der Waals surface area contributed by atoms with Crippen LogP contribution in [-0.2, 0) is 6.42 Å². The number of thiophene rings is 1. The van der Waals surface area contributed by atoms with Gasteiger partial charge in [-0.15, -0.1) is 11.3 Å². The average Bonchev–Trinajstić information content (AvgIpc) is 2.83. The minimum Gasteiger partial charge on any atom is -0.388 e. The Morgan fingerprint density at radius 3 is 2.79 bits per heavy atom. The van der Waals surface area contributed by atoms with E-state index in [2.05, 4.69) is 25.9 Å². The van der Waals surface area contributed by atoms with Crippen LogP contribution in [-0.4, -0.2) is 15.1 Å². The molecule has 0 fully saturated rings. The molecular formula is C14H11BrN2OS. The molecule has 0 aliphatic carbocycles. The highest BCUT2D eigenvalue weighted by Gasteiger charge is 2.14. The van der Waals surface area contributed by atoms with Gasteiger partial charge in [0, 0.05) is 29.3 Å². The maximum Gasteiger partial charge on any atom is 0.0944 e. The Balaban J connectivity index is 1.95. The summed E-state index contributed by atoms with van der Waals surface area (Å²) in [6.07, 6.45) is 3.34. The van der Waals surface area contributed by atoms with Gasteiger partial charge in [-0.2, -0.15) is 0 Å². The van der Waals surface area contributed by atoms with Gasteiger partial charge in [-0.25, -0.2) is 0 Å². The molecule has 3 nitrogen and oxygen atoms in total. The molecule has 0 amide bonds. The molecule has 0 bridgehead atoms. The van der Waals surface area contributed by atoms with Gasteiger partial charge in [-0.3, -0.25) is 9.97 Å². The van der Waals surface area contributed by atoms with Crippen LogP contribution in [0.25, 0.3) is 11.0 Å². The monoisotopic (exact) mass is 334 g/mol. The van der Waals surface area contributed by atoms with Gasteiger partial charge in [0.15, 0.2) is 0 Å². The molecule has 0 spiro atoms. The normalized spacial score (nSPS) is 12.7. The molecule has 2 aromatic heterocycles. The summed E-state index contributed by atoms with van der Waals surface area (Å²) in [5, 5.41) is 10.4. The van der Waals surface area contributed by atoms with Crippen LogP contribution in [0.3, 0.4) is 0 Å². The molecule has 0 saturated heterocycles. The van der Waals surface area contributed by atoms with E-state index in [-0.39, 0.29) is 0 Å². The maximum atomic E-state index is 10.4. The number of benzene rings is 1. The lowest BCUT2D eigenvalue weighted by Gasteiger charge is -2.11. The van der Waals surface area contributed by atoms with Crippen LogP contribution in [0.1, 0.15) is 16.5 Å². The van der Waals surface area contributed by atoms with E-state index in [1.807, 2.05) is 30.3 Å². The van der Waals surface area contributed by atoms with Gasteiger partial charge < -0.3 is 5.11 Å². The predicted molar refractivity (Wildman–Crippen MR) is 80.2 cm³/mol. The van der Waals surface area contributed by atoms with Crippen molar-refractivity contribution in [2.75, 3.05) is 0 Å². The first-order valence-electron chi connectivity index (χ1n) is 5.86. The molecule has 2 heterocycles. The summed E-state index contributed by atoms with van der Waals surface area (Å²) in [5.74, 6) is 0. The summed E-state index contributed by atoms with van der Waals surface area (Å²) in [7, 11) is 0. The minimum atomic E-state index is -0.564. The van der Waals surface area contributed by atoms with E-state index in [0.29, 0.717) is 6.42 Å². The van der Waals surface area contributed by atoms with Crippen molar-refractivity contribution in [2.45, 2.75) is 12.5 Å². The molecule has 3 rings (SSSR count). The molecule has 1 atom stereocenters. The Labute approximate surface area is 123 Å². The molecule has 3 aromatic rings. The third-order valence-corrected chi connectivity index (χ3v) is 4.56. The number of nitrogens with zero attached hydrogens (tertiary/aromatic N) is 2. The molecular weight excluding hydrogens is 324 g/mol. The second-order valence-electron chi connectivity index (χ2n) is 4.20. The Morgan fingerprint density at radius 2 is 2.00 bits per heavy atom. The number of para-hydroxylation sites is 1. The minimum absolute atomic E-state index is 0.564. The number of rotatable bonds is 3. The van der Waals surface area contributed by atoms with Crippen molar-refractivity contribution in [1.82, 2.24) is 9.97 Å². The quantitative estimate of drug-likeness (QED) is 0.793. The van der Waals surface area contributed by atoms with Crippen LogP contribution in [0.4, 0.5) is 0 Å². The summed E-state index contributed by atoms with van der Waals surface area (Å²) in [6, 6.07) is 9.73. The van der Waals surface area contributed by atoms with E-state index < -0.39 is 6.10 Å². The molecule has 0 aliphatic heterocycles. The number of hydrogen-bond donors (Lipinski definition) is 1. The molecule has 1 N–H and O–H groups in total. The van der Waals surface area contributed by atoms with E-state index in [9.17, 15) is 5.11 Å². The third kappa shape index (κ3) is 2.68. The van der Waals surface area contributed by atoms with Crippen molar-refractivity contribution in [3.63, 3.8) is 0 Å². The number of fused-ring (bicyclic) bond motifs is 1. The number of halogens is 1. The number of aromatic nitrogens is 2. The molecule has 0 radical (unpaired) electrons. The highest BCUT2D eigenvalue weighted by Crippen LogP contribution is 2.29. The summed E-state index contributed by atoms with van der Waals surface area (Å²) < 4.78 is 1.08. The lowest BCUT2D eigenvalue weighted by Crippen LogP contribution is -2.02. The number of aliphatic hydroxyl groups excluding tert-OH is 1. The molecule has 96 valence electrons. The van der Waals surface area contributed by atoms with Crippen molar-refractivity contribution in [3.8, 4) is 0 Å². The first-order chi connectivity index (χ1) is 9.24. The Bertz CT molecular complexity index is 708. The molecule has 1 aromatic carbocycles. The largest absolute Gasteiger partial charge is 0.388 e. The molecule has 0 aliphatic rings. The smallest absolute Gasteiger partial charge is 0.0944 e. The second-order valence-corrected chi connectivity index (χ2v) is 6.74. The number of aliphatic hydroxyl groups is 1. The van der Waals surface area contributed by atoms with Crippen LogP contribution < -0.4 is 0 Å². The number of hydrogen-bond acceptors (Lipinski definition) is 4. The van der Waals surface area contributed by atoms with Crippen molar-refractivity contribution in [2.24, 2.45) is 0 Å². The Hall–Kier alpha value is -1.30. The van der Waals surface area contributed by atoms with Crippen LogP contribution >= 0.6 is 27.3 Å². The van der Waals surface area contributed by atoms with Crippen LogP contribution in [0, 0.1) is 0 Å². The zero-order valence-electron chi connectivity index (χ0n) is 9.95. The fourth-order valence-corrected chi connectivity index (χ4v) is 3.57. The van der Waals surface area contributed by atoms with Gasteiger partial charge in [0.2, 0.25) is 0 Å². The summed E-state index contributed by atoms with van der Waals surface area (Å²) in [5.41, 5.74) is 2.41. The van der Waals surface area contributed by atoms with E-state index in [1.165, 1.54) is 0 Å². The van der Waals surface area contributed by atoms with Gasteiger partial charge in [-0.05, 0) is 34.1 Å². The lowest BCUT2D eigenvalue weighted by atomic mass is 10.0. The van der Waals surface area contributed by atoms with Crippen molar-refractivity contribution in [1.29, 1.82) is 0 Å². The van der Waals surface area contributed by atoms with E-state index in [0.717, 1.165) is 25.3 Å².